The van der Waals surface area contributed by atoms with E-state index >= 15 is 0 Å². The van der Waals surface area contributed by atoms with Crippen LogP contribution in [0.5, 0.6) is 0 Å². The summed E-state index contributed by atoms with van der Waals surface area (Å²) < 4.78 is 49.4. The summed E-state index contributed by atoms with van der Waals surface area (Å²) in [5, 5.41) is 5.34. The van der Waals surface area contributed by atoms with E-state index in [4.69, 9.17) is 16.7 Å². The molecule has 0 aromatic heterocycles. The largest absolute Gasteiger partial charge is 0.280 e. The number of nitrogens with two attached hydrogens (primary N) is 1. The van der Waals surface area contributed by atoms with Crippen LogP contribution in [0.4, 0.5) is 5.69 Å². The Labute approximate surface area is 134 Å². The Morgan fingerprint density at radius 3 is 2.27 bits per heavy atom. The van der Waals surface area contributed by atoms with Crippen molar-refractivity contribution in [3.8, 4) is 0 Å². The van der Waals surface area contributed by atoms with Crippen molar-refractivity contribution < 1.29 is 16.8 Å². The predicted octanol–water partition coefficient (Wildman–Crippen LogP) is 2.10. The highest BCUT2D eigenvalue weighted by Gasteiger charge is 2.16. The first-order valence-corrected chi connectivity index (χ1v) is 9.42. The van der Waals surface area contributed by atoms with Gasteiger partial charge in [0.05, 0.1) is 15.5 Å². The smallest absolute Gasteiger partial charge is 0.261 e. The van der Waals surface area contributed by atoms with Crippen molar-refractivity contribution in [2.45, 2.75) is 16.7 Å². The Morgan fingerprint density at radius 1 is 1.00 bits per heavy atom. The molecule has 0 aliphatic rings. The van der Waals surface area contributed by atoms with Crippen LogP contribution >= 0.6 is 11.6 Å². The fourth-order valence-electron chi connectivity index (χ4n) is 1.69. The van der Waals surface area contributed by atoms with Gasteiger partial charge < -0.3 is 0 Å². The van der Waals surface area contributed by atoms with Crippen LogP contribution in [0, 0.1) is 6.92 Å². The molecule has 2 aromatic rings. The normalized spacial score (nSPS) is 12.1. The van der Waals surface area contributed by atoms with Crippen molar-refractivity contribution in [1.82, 2.24) is 0 Å². The molecule has 0 saturated carbocycles. The number of rotatable bonds is 4. The van der Waals surface area contributed by atoms with E-state index in [1.165, 1.54) is 30.3 Å². The van der Waals surface area contributed by atoms with Crippen molar-refractivity contribution >= 4 is 37.3 Å². The molecule has 0 fully saturated rings. The second-order valence-electron chi connectivity index (χ2n) is 4.59. The molecule has 0 spiro atoms. The number of nitrogens with one attached hydrogen (secondary N) is 1. The highest BCUT2D eigenvalue weighted by Crippen LogP contribution is 2.23. The van der Waals surface area contributed by atoms with Crippen LogP contribution in [-0.2, 0) is 20.0 Å². The van der Waals surface area contributed by atoms with Gasteiger partial charge in [-0.2, -0.15) is 0 Å². The molecule has 9 heteroatoms. The summed E-state index contributed by atoms with van der Waals surface area (Å²) in [6.45, 7) is 1.75. The zero-order valence-corrected chi connectivity index (χ0v) is 13.8. The summed E-state index contributed by atoms with van der Waals surface area (Å²) >= 11 is 5.92. The lowest BCUT2D eigenvalue weighted by molar-refractivity contribution is 0.596. The van der Waals surface area contributed by atoms with Gasteiger partial charge in [-0.05, 0) is 42.8 Å². The zero-order valence-electron chi connectivity index (χ0n) is 11.4. The molecule has 0 unspecified atom stereocenters. The average Bonchev–Trinajstić information content (AvgIpc) is 2.40. The van der Waals surface area contributed by atoms with Crippen LogP contribution in [-0.4, -0.2) is 16.8 Å². The Bertz CT molecular complexity index is 925. The van der Waals surface area contributed by atoms with Crippen LogP contribution < -0.4 is 9.86 Å². The molecule has 2 rings (SSSR count). The van der Waals surface area contributed by atoms with E-state index in [-0.39, 0.29) is 15.5 Å². The molecule has 118 valence electrons. The minimum atomic E-state index is -3.91. The van der Waals surface area contributed by atoms with E-state index in [0.29, 0.717) is 5.02 Å². The molecule has 3 N–H and O–H groups in total. The average molecular weight is 361 g/mol. The highest BCUT2D eigenvalue weighted by atomic mass is 35.5. The zero-order chi connectivity index (χ0) is 16.5. The van der Waals surface area contributed by atoms with Gasteiger partial charge in [0.2, 0.25) is 10.0 Å². The monoisotopic (exact) mass is 360 g/mol. The Hall–Kier alpha value is -1.61. The molecule has 6 nitrogen and oxygen atoms in total. The summed E-state index contributed by atoms with van der Waals surface area (Å²) in [5.41, 5.74) is 0.833. The van der Waals surface area contributed by atoms with E-state index < -0.39 is 20.0 Å². The Balaban J connectivity index is 2.39. The van der Waals surface area contributed by atoms with Crippen LogP contribution in [0.2, 0.25) is 5.02 Å². The highest BCUT2D eigenvalue weighted by molar-refractivity contribution is 7.92. The third-order valence-electron chi connectivity index (χ3n) is 2.87. The first kappa shape index (κ1) is 16.8. The first-order chi connectivity index (χ1) is 10.1. The molecular weight excluding hydrogens is 348 g/mol. The number of hydrogen-bond donors (Lipinski definition) is 2. The van der Waals surface area contributed by atoms with E-state index in [9.17, 15) is 16.8 Å². The number of primary sulfonamides is 1. The van der Waals surface area contributed by atoms with Crippen LogP contribution in [0.15, 0.2) is 52.3 Å². The lowest BCUT2D eigenvalue weighted by Crippen LogP contribution is -2.15. The van der Waals surface area contributed by atoms with Crippen LogP contribution in [0.1, 0.15) is 5.56 Å². The van der Waals surface area contributed by atoms with Crippen molar-refractivity contribution in [1.29, 1.82) is 0 Å². The number of sulfonamides is 2. The second kappa shape index (κ2) is 5.88. The number of halogens is 1. The summed E-state index contributed by atoms with van der Waals surface area (Å²) in [6, 6.07) is 9.54. The van der Waals surface area contributed by atoms with Crippen LogP contribution in [0.25, 0.3) is 0 Å². The van der Waals surface area contributed by atoms with Gasteiger partial charge in [-0.1, -0.05) is 23.7 Å². The maximum Gasteiger partial charge on any atom is 0.261 e. The maximum atomic E-state index is 12.3. The fraction of sp³-hybridized carbons (Fsp3) is 0.0769. The van der Waals surface area contributed by atoms with E-state index in [2.05, 4.69) is 4.72 Å². The number of hydrogen-bond acceptors (Lipinski definition) is 4. The molecule has 0 saturated heterocycles. The van der Waals surface area contributed by atoms with Gasteiger partial charge in [0.25, 0.3) is 10.0 Å². The summed E-state index contributed by atoms with van der Waals surface area (Å²) in [7, 11) is -7.80. The fourth-order valence-corrected chi connectivity index (χ4v) is 3.57. The molecule has 22 heavy (non-hydrogen) atoms. The van der Waals surface area contributed by atoms with E-state index in [0.717, 1.165) is 11.6 Å². The van der Waals surface area contributed by atoms with E-state index in [1.54, 1.807) is 13.0 Å². The molecule has 0 heterocycles. The van der Waals surface area contributed by atoms with Gasteiger partial charge >= 0.3 is 0 Å². The number of aryl methyl sites for hydroxylation is 1. The van der Waals surface area contributed by atoms with Gasteiger partial charge in [0, 0.05) is 5.02 Å². The first-order valence-electron chi connectivity index (χ1n) is 6.01. The lowest BCUT2D eigenvalue weighted by atomic mass is 10.2. The molecule has 0 atom stereocenters. The van der Waals surface area contributed by atoms with Gasteiger partial charge in [0.1, 0.15) is 0 Å². The second-order valence-corrected chi connectivity index (χ2v) is 8.24. The summed E-state index contributed by atoms with van der Waals surface area (Å²) in [5.74, 6) is 0. The van der Waals surface area contributed by atoms with Crippen LogP contribution in [0.3, 0.4) is 0 Å². The molecule has 2 aromatic carbocycles. The molecule has 0 radical (unpaired) electrons. The summed E-state index contributed by atoms with van der Waals surface area (Å²) in [4.78, 5) is -0.209. The number of benzene rings is 2. The maximum absolute atomic E-state index is 12.3. The molecular formula is C13H13ClN2O4S2. The lowest BCUT2D eigenvalue weighted by Gasteiger charge is -2.10. The van der Waals surface area contributed by atoms with E-state index in [1.807, 2.05) is 0 Å². The van der Waals surface area contributed by atoms with Gasteiger partial charge in [-0.15, -0.1) is 0 Å². The van der Waals surface area contributed by atoms with Crippen molar-refractivity contribution in [3.63, 3.8) is 0 Å². The Morgan fingerprint density at radius 2 is 1.68 bits per heavy atom. The molecule has 0 bridgehead atoms. The third kappa shape index (κ3) is 3.77. The topological polar surface area (TPSA) is 106 Å². The molecule has 0 aliphatic carbocycles. The summed E-state index contributed by atoms with van der Waals surface area (Å²) in [6.07, 6.45) is 0. The van der Waals surface area contributed by atoms with Gasteiger partial charge in [-0.3, -0.25) is 4.72 Å². The number of anilines is 1. The molecule has 0 aliphatic heterocycles. The molecule has 0 amide bonds. The SMILES string of the molecule is Cc1ccc(S(=O)(=O)Nc2cccc(S(N)(=O)=O)c2)cc1Cl. The minimum absolute atomic E-state index is 0.0240. The van der Waals surface area contributed by atoms with Crippen molar-refractivity contribution in [2.75, 3.05) is 4.72 Å². The predicted molar refractivity (Wildman–Crippen MR) is 84.8 cm³/mol. The van der Waals surface area contributed by atoms with Gasteiger partial charge in [-0.25, -0.2) is 22.0 Å². The quantitative estimate of drug-likeness (QED) is 0.870. The van der Waals surface area contributed by atoms with Crippen molar-refractivity contribution in [3.05, 3.63) is 53.1 Å². The van der Waals surface area contributed by atoms with Crippen molar-refractivity contribution in [2.24, 2.45) is 5.14 Å². The minimum Gasteiger partial charge on any atom is -0.280 e. The van der Waals surface area contributed by atoms with Gasteiger partial charge in [0.15, 0.2) is 0 Å². The Kier molecular flexibility index (Phi) is 4.48. The standard InChI is InChI=1S/C13H13ClN2O4S2/c1-9-5-6-12(8-13(9)14)22(19,20)16-10-3-2-4-11(7-10)21(15,17)18/h2-8,16H,1H3,(H2,15,17,18). The third-order valence-corrected chi connectivity index (χ3v) is 5.57.